The Balaban J connectivity index is 2.00. The van der Waals surface area contributed by atoms with Crippen molar-refractivity contribution >= 4 is 28.1 Å². The standard InChI is InChI=1S/C17H16N2OS/c1-12-3-2-4-13(9-12)11-19-8-7-14-5-6-15(10-16(14)19)17(21)18-20/h2-10,20H,11H2,1H3,(H,18,21). The van der Waals surface area contributed by atoms with E-state index >= 15 is 0 Å². The van der Waals surface area contributed by atoms with Gasteiger partial charge in [-0.2, -0.15) is 0 Å². The average molecular weight is 296 g/mol. The normalized spacial score (nSPS) is 10.8. The quantitative estimate of drug-likeness (QED) is 0.572. The first-order valence-electron chi connectivity index (χ1n) is 6.76. The Labute approximate surface area is 128 Å². The highest BCUT2D eigenvalue weighted by atomic mass is 32.1. The maximum Gasteiger partial charge on any atom is 0.130 e. The van der Waals surface area contributed by atoms with E-state index in [0.29, 0.717) is 4.99 Å². The van der Waals surface area contributed by atoms with Gasteiger partial charge >= 0.3 is 0 Å². The molecule has 0 atom stereocenters. The molecular weight excluding hydrogens is 280 g/mol. The summed E-state index contributed by atoms with van der Waals surface area (Å²) in [6.45, 7) is 2.91. The molecule has 0 radical (unpaired) electrons. The zero-order valence-electron chi connectivity index (χ0n) is 11.7. The molecule has 0 aliphatic carbocycles. The molecule has 0 aliphatic rings. The molecule has 0 bridgehead atoms. The van der Waals surface area contributed by atoms with Gasteiger partial charge in [0.1, 0.15) is 4.99 Å². The Kier molecular flexibility index (Phi) is 3.73. The van der Waals surface area contributed by atoms with Gasteiger partial charge in [-0.15, -0.1) is 0 Å². The summed E-state index contributed by atoms with van der Waals surface area (Å²) in [5.74, 6) is 0. The van der Waals surface area contributed by atoms with Crippen LogP contribution in [0.5, 0.6) is 0 Å². The smallest absolute Gasteiger partial charge is 0.130 e. The van der Waals surface area contributed by atoms with Gasteiger partial charge in [0.25, 0.3) is 0 Å². The predicted octanol–water partition coefficient (Wildman–Crippen LogP) is 3.65. The van der Waals surface area contributed by atoms with Gasteiger partial charge in [-0.25, -0.2) is 0 Å². The largest absolute Gasteiger partial charge is 0.343 e. The van der Waals surface area contributed by atoms with Gasteiger partial charge in [0.15, 0.2) is 0 Å². The van der Waals surface area contributed by atoms with Gasteiger partial charge in [0.05, 0.1) is 0 Å². The van der Waals surface area contributed by atoms with Crippen molar-refractivity contribution < 1.29 is 5.21 Å². The van der Waals surface area contributed by atoms with Crippen molar-refractivity contribution in [1.29, 1.82) is 0 Å². The zero-order valence-corrected chi connectivity index (χ0v) is 12.5. The third kappa shape index (κ3) is 2.82. The van der Waals surface area contributed by atoms with Crippen LogP contribution >= 0.6 is 12.2 Å². The molecule has 1 heterocycles. The van der Waals surface area contributed by atoms with E-state index in [-0.39, 0.29) is 0 Å². The molecule has 0 saturated carbocycles. The number of benzene rings is 2. The fraction of sp³-hybridized carbons (Fsp3) is 0.118. The maximum absolute atomic E-state index is 8.95. The van der Waals surface area contributed by atoms with Crippen LogP contribution in [0.4, 0.5) is 0 Å². The molecule has 0 spiro atoms. The van der Waals surface area contributed by atoms with Crippen molar-refractivity contribution in [2.24, 2.45) is 0 Å². The van der Waals surface area contributed by atoms with Crippen LogP contribution in [0.2, 0.25) is 0 Å². The molecule has 0 saturated heterocycles. The van der Waals surface area contributed by atoms with Gasteiger partial charge in [-0.3, -0.25) is 10.7 Å². The molecule has 3 nitrogen and oxygen atoms in total. The Morgan fingerprint density at radius 1 is 1.19 bits per heavy atom. The summed E-state index contributed by atoms with van der Waals surface area (Å²) in [5, 5.41) is 10.1. The number of aryl methyl sites for hydroxylation is 1. The van der Waals surface area contributed by atoms with E-state index in [2.05, 4.69) is 48.0 Å². The first-order valence-corrected chi connectivity index (χ1v) is 7.17. The molecule has 3 rings (SSSR count). The van der Waals surface area contributed by atoms with Crippen molar-refractivity contribution in [3.8, 4) is 0 Å². The highest BCUT2D eigenvalue weighted by molar-refractivity contribution is 7.80. The number of fused-ring (bicyclic) bond motifs is 1. The Morgan fingerprint density at radius 2 is 2.05 bits per heavy atom. The molecule has 4 heteroatoms. The van der Waals surface area contributed by atoms with Crippen molar-refractivity contribution in [2.75, 3.05) is 0 Å². The molecule has 0 aliphatic heterocycles. The number of hydroxylamine groups is 1. The summed E-state index contributed by atoms with van der Waals surface area (Å²) in [7, 11) is 0. The van der Waals surface area contributed by atoms with Crippen LogP contribution in [-0.2, 0) is 6.54 Å². The van der Waals surface area contributed by atoms with Crippen LogP contribution in [0.25, 0.3) is 10.9 Å². The second-order valence-corrected chi connectivity index (χ2v) is 5.56. The van der Waals surface area contributed by atoms with Gasteiger partial charge in [-0.05, 0) is 30.0 Å². The van der Waals surface area contributed by atoms with Crippen molar-refractivity contribution in [2.45, 2.75) is 13.5 Å². The summed E-state index contributed by atoms with van der Waals surface area (Å²) in [6.07, 6.45) is 2.08. The van der Waals surface area contributed by atoms with Crippen molar-refractivity contribution in [1.82, 2.24) is 10.0 Å². The molecule has 0 amide bonds. The molecule has 21 heavy (non-hydrogen) atoms. The Hall–Kier alpha value is -2.17. The second kappa shape index (κ2) is 5.68. The number of aromatic nitrogens is 1. The lowest BCUT2D eigenvalue weighted by Gasteiger charge is -2.08. The minimum atomic E-state index is 0.334. The summed E-state index contributed by atoms with van der Waals surface area (Å²) in [4.78, 5) is 0.334. The van der Waals surface area contributed by atoms with E-state index in [1.807, 2.05) is 23.7 Å². The molecular formula is C17H16N2OS. The molecule has 106 valence electrons. The summed E-state index contributed by atoms with van der Waals surface area (Å²) >= 11 is 5.08. The zero-order chi connectivity index (χ0) is 14.8. The second-order valence-electron chi connectivity index (χ2n) is 5.15. The summed E-state index contributed by atoms with van der Waals surface area (Å²) < 4.78 is 2.19. The monoisotopic (exact) mass is 296 g/mol. The number of rotatable bonds is 3. The maximum atomic E-state index is 8.95. The Bertz CT molecular complexity index is 807. The fourth-order valence-electron chi connectivity index (χ4n) is 2.53. The number of nitrogens with one attached hydrogen (secondary N) is 1. The van der Waals surface area contributed by atoms with Gasteiger partial charge in [0.2, 0.25) is 0 Å². The third-order valence-corrected chi connectivity index (χ3v) is 3.90. The lowest BCUT2D eigenvalue weighted by atomic mass is 10.1. The number of thiocarbonyl (C=S) groups is 1. The number of hydrogen-bond donors (Lipinski definition) is 2. The number of nitrogens with zero attached hydrogens (tertiary/aromatic N) is 1. The van der Waals surface area contributed by atoms with E-state index < -0.39 is 0 Å². The highest BCUT2D eigenvalue weighted by Crippen LogP contribution is 2.19. The van der Waals surface area contributed by atoms with E-state index in [0.717, 1.165) is 23.0 Å². The minimum Gasteiger partial charge on any atom is -0.343 e. The van der Waals surface area contributed by atoms with Crippen LogP contribution in [-0.4, -0.2) is 14.8 Å². The Morgan fingerprint density at radius 3 is 2.81 bits per heavy atom. The van der Waals surface area contributed by atoms with E-state index in [1.54, 1.807) is 0 Å². The molecule has 0 fully saturated rings. The molecule has 0 unspecified atom stereocenters. The molecule has 1 aromatic heterocycles. The van der Waals surface area contributed by atoms with E-state index in [4.69, 9.17) is 17.4 Å². The molecule has 2 aromatic carbocycles. The van der Waals surface area contributed by atoms with Gasteiger partial charge in [0, 0.05) is 23.8 Å². The first-order chi connectivity index (χ1) is 10.2. The lowest BCUT2D eigenvalue weighted by molar-refractivity contribution is 0.238. The average Bonchev–Trinajstić information content (AvgIpc) is 2.89. The summed E-state index contributed by atoms with van der Waals surface area (Å²) in [6, 6.07) is 16.5. The van der Waals surface area contributed by atoms with Gasteiger partial charge < -0.3 is 4.57 Å². The van der Waals surface area contributed by atoms with E-state index in [9.17, 15) is 0 Å². The fourth-order valence-corrected chi connectivity index (χ4v) is 2.66. The van der Waals surface area contributed by atoms with Crippen LogP contribution in [0.1, 0.15) is 16.7 Å². The highest BCUT2D eigenvalue weighted by Gasteiger charge is 2.06. The van der Waals surface area contributed by atoms with Crippen LogP contribution < -0.4 is 5.48 Å². The van der Waals surface area contributed by atoms with Crippen LogP contribution in [0, 0.1) is 6.92 Å². The SMILES string of the molecule is Cc1cccc(Cn2ccc3ccc(C(=S)NO)cc32)c1. The lowest BCUT2D eigenvalue weighted by Crippen LogP contribution is -2.17. The molecule has 2 N–H and O–H groups in total. The third-order valence-electron chi connectivity index (χ3n) is 3.57. The van der Waals surface area contributed by atoms with Crippen LogP contribution in [0.15, 0.2) is 54.7 Å². The number of hydrogen-bond acceptors (Lipinski definition) is 2. The first kappa shape index (κ1) is 13.8. The van der Waals surface area contributed by atoms with Crippen LogP contribution in [0.3, 0.4) is 0 Å². The van der Waals surface area contributed by atoms with E-state index in [1.165, 1.54) is 11.1 Å². The van der Waals surface area contributed by atoms with Crippen molar-refractivity contribution in [3.63, 3.8) is 0 Å². The minimum absolute atomic E-state index is 0.334. The summed E-state index contributed by atoms with van der Waals surface area (Å²) in [5.41, 5.74) is 6.47. The predicted molar refractivity (Wildman–Crippen MR) is 88.8 cm³/mol. The van der Waals surface area contributed by atoms with Gasteiger partial charge in [-0.1, -0.05) is 54.2 Å². The van der Waals surface area contributed by atoms with Crippen molar-refractivity contribution in [3.05, 3.63) is 71.4 Å². The topological polar surface area (TPSA) is 37.2 Å². The molecule has 3 aromatic rings.